The van der Waals surface area contributed by atoms with E-state index in [1.807, 2.05) is 0 Å². The Labute approximate surface area is 116 Å². The normalized spacial score (nSPS) is 19.6. The fourth-order valence-electron chi connectivity index (χ4n) is 2.25. The summed E-state index contributed by atoms with van der Waals surface area (Å²) in [6.07, 6.45) is -1.10. The largest absolute Gasteiger partial charge is 0.337 e. The van der Waals surface area contributed by atoms with Gasteiger partial charge < -0.3 is 4.90 Å². The molecule has 0 aliphatic carbocycles. The molecular weight excluding hydrogens is 288 g/mol. The van der Waals surface area contributed by atoms with E-state index in [0.29, 0.717) is 13.0 Å². The maximum absolute atomic E-state index is 12.6. The topological polar surface area (TPSA) is 54.5 Å². The summed E-state index contributed by atoms with van der Waals surface area (Å²) in [5.74, 6) is -0.404. The second kappa shape index (κ2) is 5.47. The summed E-state index contributed by atoms with van der Waals surface area (Å²) in [5, 5.41) is -0.565. The van der Waals surface area contributed by atoms with Crippen LogP contribution in [0.15, 0.2) is 24.3 Å². The molecule has 0 radical (unpaired) electrons. The summed E-state index contributed by atoms with van der Waals surface area (Å²) in [6, 6.07) is 5.27. The van der Waals surface area contributed by atoms with Crippen molar-refractivity contribution in [1.82, 2.24) is 4.90 Å². The van der Waals surface area contributed by atoms with Gasteiger partial charge in [-0.2, -0.15) is 0 Å². The van der Waals surface area contributed by atoms with Crippen LogP contribution in [0.4, 0.5) is 8.78 Å². The number of benzene rings is 1. The van der Waals surface area contributed by atoms with Crippen LogP contribution in [-0.4, -0.2) is 43.8 Å². The first-order chi connectivity index (χ1) is 9.29. The number of hydrogen-bond donors (Lipinski definition) is 0. The van der Waals surface area contributed by atoms with Gasteiger partial charge in [0, 0.05) is 30.5 Å². The number of amides is 1. The zero-order valence-electron chi connectivity index (χ0n) is 10.9. The molecule has 1 fully saturated rings. The molecule has 1 aromatic rings. The molecule has 0 spiro atoms. The number of halogens is 2. The van der Waals surface area contributed by atoms with Crippen molar-refractivity contribution in [2.75, 3.05) is 19.3 Å². The van der Waals surface area contributed by atoms with Gasteiger partial charge >= 0.3 is 0 Å². The third kappa shape index (κ3) is 3.15. The Kier molecular flexibility index (Phi) is 4.08. The Morgan fingerprint density at radius 3 is 2.65 bits per heavy atom. The molecule has 0 bridgehead atoms. The molecule has 1 unspecified atom stereocenters. The number of hydrogen-bond acceptors (Lipinski definition) is 3. The quantitative estimate of drug-likeness (QED) is 0.857. The van der Waals surface area contributed by atoms with Crippen LogP contribution in [0, 0.1) is 0 Å². The van der Waals surface area contributed by atoms with Crippen LogP contribution in [0.25, 0.3) is 0 Å². The van der Waals surface area contributed by atoms with Crippen LogP contribution >= 0.6 is 0 Å². The van der Waals surface area contributed by atoms with Gasteiger partial charge in [0.25, 0.3) is 12.3 Å². The van der Waals surface area contributed by atoms with E-state index in [1.54, 1.807) is 0 Å². The van der Waals surface area contributed by atoms with Crippen LogP contribution in [0.3, 0.4) is 0 Å². The number of nitrogens with zero attached hydrogens (tertiary/aromatic N) is 1. The maximum atomic E-state index is 12.6. The van der Waals surface area contributed by atoms with Gasteiger partial charge in [-0.05, 0) is 18.6 Å². The highest BCUT2D eigenvalue weighted by molar-refractivity contribution is 7.91. The third-order valence-corrected chi connectivity index (χ3v) is 5.02. The Morgan fingerprint density at radius 2 is 2.10 bits per heavy atom. The fraction of sp³-hybridized carbons (Fsp3) is 0.462. The SMILES string of the molecule is CS(=O)(=O)C1CCN(C(=O)c2cccc(C(F)F)c2)C1. The molecular formula is C13H15F2NO3S. The van der Waals surface area contributed by atoms with Gasteiger partial charge in [-0.25, -0.2) is 17.2 Å². The Bertz CT molecular complexity index is 616. The van der Waals surface area contributed by atoms with Crippen molar-refractivity contribution in [3.8, 4) is 0 Å². The average Bonchev–Trinajstić information content (AvgIpc) is 2.87. The molecule has 1 aliphatic rings. The lowest BCUT2D eigenvalue weighted by molar-refractivity contribution is 0.0792. The maximum Gasteiger partial charge on any atom is 0.263 e. The van der Waals surface area contributed by atoms with Gasteiger partial charge in [0.1, 0.15) is 0 Å². The van der Waals surface area contributed by atoms with Crippen molar-refractivity contribution in [3.63, 3.8) is 0 Å². The molecule has 2 rings (SSSR count). The summed E-state index contributed by atoms with van der Waals surface area (Å²) in [7, 11) is -3.19. The van der Waals surface area contributed by atoms with Gasteiger partial charge in [-0.15, -0.1) is 0 Å². The molecule has 1 aliphatic heterocycles. The van der Waals surface area contributed by atoms with Gasteiger partial charge in [0.05, 0.1) is 5.25 Å². The zero-order chi connectivity index (χ0) is 14.9. The molecule has 1 atom stereocenters. The third-order valence-electron chi connectivity index (χ3n) is 3.42. The lowest BCUT2D eigenvalue weighted by atomic mass is 10.1. The first-order valence-corrected chi connectivity index (χ1v) is 8.11. The first-order valence-electron chi connectivity index (χ1n) is 6.15. The van der Waals surface area contributed by atoms with Crippen molar-refractivity contribution in [3.05, 3.63) is 35.4 Å². The molecule has 1 aromatic carbocycles. The number of alkyl halides is 2. The standard InChI is InChI=1S/C13H15F2NO3S/c1-20(18,19)11-5-6-16(8-11)13(17)10-4-2-3-9(7-10)12(14)15/h2-4,7,11-12H,5-6,8H2,1H3. The van der Waals surface area contributed by atoms with Crippen LogP contribution in [0.1, 0.15) is 28.8 Å². The van der Waals surface area contributed by atoms with Gasteiger partial charge in [-0.3, -0.25) is 4.79 Å². The summed E-state index contributed by atoms with van der Waals surface area (Å²) in [4.78, 5) is 13.6. The van der Waals surface area contributed by atoms with E-state index in [-0.39, 0.29) is 17.7 Å². The van der Waals surface area contributed by atoms with Crippen LogP contribution in [0.5, 0.6) is 0 Å². The highest BCUT2D eigenvalue weighted by Gasteiger charge is 2.33. The van der Waals surface area contributed by atoms with E-state index in [2.05, 4.69) is 0 Å². The summed E-state index contributed by atoms with van der Waals surface area (Å²) in [5.41, 5.74) is -0.0494. The number of sulfone groups is 1. The molecule has 7 heteroatoms. The van der Waals surface area contributed by atoms with E-state index >= 15 is 0 Å². The minimum Gasteiger partial charge on any atom is -0.337 e. The highest BCUT2D eigenvalue weighted by atomic mass is 32.2. The Balaban J connectivity index is 2.15. The molecule has 1 saturated heterocycles. The van der Waals surface area contributed by atoms with Crippen molar-refractivity contribution >= 4 is 15.7 Å². The molecule has 0 saturated carbocycles. The monoisotopic (exact) mass is 303 g/mol. The van der Waals surface area contributed by atoms with Crippen molar-refractivity contribution < 1.29 is 22.0 Å². The number of likely N-dealkylation sites (tertiary alicyclic amines) is 1. The van der Waals surface area contributed by atoms with Gasteiger partial charge in [0.2, 0.25) is 0 Å². The van der Waals surface area contributed by atoms with E-state index in [9.17, 15) is 22.0 Å². The summed E-state index contributed by atoms with van der Waals surface area (Å²) >= 11 is 0. The first kappa shape index (κ1) is 14.9. The molecule has 1 amide bonds. The second-order valence-corrected chi connectivity index (χ2v) is 7.24. The smallest absolute Gasteiger partial charge is 0.263 e. The predicted octanol–water partition coefficient (Wildman–Crippen LogP) is 1.88. The molecule has 0 aromatic heterocycles. The van der Waals surface area contributed by atoms with E-state index in [4.69, 9.17) is 0 Å². The molecule has 4 nitrogen and oxygen atoms in total. The van der Waals surface area contributed by atoms with Gasteiger partial charge in [-0.1, -0.05) is 12.1 Å². The summed E-state index contributed by atoms with van der Waals surface area (Å²) < 4.78 is 48.1. The number of carbonyl (C=O) groups excluding carboxylic acids is 1. The number of rotatable bonds is 3. The molecule has 110 valence electrons. The van der Waals surface area contributed by atoms with E-state index in [1.165, 1.54) is 23.1 Å². The molecule has 0 N–H and O–H groups in total. The van der Waals surface area contributed by atoms with E-state index in [0.717, 1.165) is 12.3 Å². The fourth-order valence-corrected chi connectivity index (χ4v) is 3.24. The molecule has 20 heavy (non-hydrogen) atoms. The lowest BCUT2D eigenvalue weighted by Gasteiger charge is -2.16. The molecule has 1 heterocycles. The number of carbonyl (C=O) groups is 1. The van der Waals surface area contributed by atoms with Crippen molar-refractivity contribution in [2.45, 2.75) is 18.1 Å². The van der Waals surface area contributed by atoms with Crippen molar-refractivity contribution in [1.29, 1.82) is 0 Å². The van der Waals surface area contributed by atoms with Crippen LogP contribution in [-0.2, 0) is 9.84 Å². The minimum atomic E-state index is -3.19. The van der Waals surface area contributed by atoms with Crippen LogP contribution < -0.4 is 0 Å². The minimum absolute atomic E-state index is 0.122. The predicted molar refractivity (Wildman–Crippen MR) is 70.6 cm³/mol. The highest BCUT2D eigenvalue weighted by Crippen LogP contribution is 2.22. The van der Waals surface area contributed by atoms with Crippen LogP contribution in [0.2, 0.25) is 0 Å². The lowest BCUT2D eigenvalue weighted by Crippen LogP contribution is -2.31. The van der Waals surface area contributed by atoms with Crippen molar-refractivity contribution in [2.24, 2.45) is 0 Å². The summed E-state index contributed by atoms with van der Waals surface area (Å²) in [6.45, 7) is 0.450. The Hall–Kier alpha value is -1.50. The van der Waals surface area contributed by atoms with Gasteiger partial charge in [0.15, 0.2) is 9.84 Å². The van der Waals surface area contributed by atoms with E-state index < -0.39 is 27.4 Å². The second-order valence-electron chi connectivity index (χ2n) is 4.92. The average molecular weight is 303 g/mol. The zero-order valence-corrected chi connectivity index (χ0v) is 11.7. The Morgan fingerprint density at radius 1 is 1.40 bits per heavy atom.